The Kier molecular flexibility index (Phi) is 12.7. The molecule has 4 atom stereocenters. The maximum Gasteiger partial charge on any atom is 0.408 e. The summed E-state index contributed by atoms with van der Waals surface area (Å²) in [6, 6.07) is 0.780. The lowest BCUT2D eigenvalue weighted by molar-refractivity contribution is -0.144. The Hall–Kier alpha value is -4.16. The Bertz CT molecular complexity index is 1530. The molecule has 2 heterocycles. The van der Waals surface area contributed by atoms with E-state index in [0.29, 0.717) is 25.2 Å². The maximum absolute atomic E-state index is 14.7. The van der Waals surface area contributed by atoms with E-state index in [1.807, 2.05) is 81.4 Å². The summed E-state index contributed by atoms with van der Waals surface area (Å²) in [7, 11) is 1.37. The third kappa shape index (κ3) is 9.43. The molecule has 0 unspecified atom stereocenters. The summed E-state index contributed by atoms with van der Waals surface area (Å²) in [4.78, 5) is 75.3. The second kappa shape index (κ2) is 16.2. The van der Waals surface area contributed by atoms with Crippen LogP contribution in [0, 0.1) is 37.0 Å². The number of ketones is 1. The fourth-order valence-corrected chi connectivity index (χ4v) is 7.37. The first kappa shape index (κ1) is 40.6. The Morgan fingerprint density at radius 3 is 2.15 bits per heavy atom. The highest BCUT2D eigenvalue weighted by Crippen LogP contribution is 2.41. The molecule has 4 amide bonds. The normalized spacial score (nSPS) is 21.2. The molecule has 13 heteroatoms. The number of hydrogen-bond acceptors (Lipinski definition) is 9. The van der Waals surface area contributed by atoms with E-state index in [-0.39, 0.29) is 36.8 Å². The van der Waals surface area contributed by atoms with Gasteiger partial charge in [-0.2, -0.15) is 0 Å². The number of rotatable bonds is 14. The molecule has 13 nitrogen and oxygen atoms in total. The van der Waals surface area contributed by atoms with Crippen molar-refractivity contribution in [3.63, 3.8) is 0 Å². The Morgan fingerprint density at radius 2 is 1.63 bits per heavy atom. The van der Waals surface area contributed by atoms with Crippen molar-refractivity contribution in [2.75, 3.05) is 20.2 Å². The average Bonchev–Trinajstić information content (AvgIpc) is 3.67. The average molecular weight is 726 g/mol. The number of alkyl carbamates (subject to hydrolysis) is 1. The second-order valence-electron chi connectivity index (χ2n) is 16.5. The Labute approximate surface area is 308 Å². The third-order valence-corrected chi connectivity index (χ3v) is 10.2. The van der Waals surface area contributed by atoms with E-state index in [1.54, 1.807) is 0 Å². The fourth-order valence-electron chi connectivity index (χ4n) is 7.37. The molecule has 2 fully saturated rings. The second-order valence-corrected chi connectivity index (χ2v) is 16.5. The molecule has 3 N–H and O–H groups in total. The highest BCUT2D eigenvalue weighted by atomic mass is 16.7. The number of amides is 4. The molecule has 1 aromatic carbocycles. The number of Topliss-reactive ketones (excluding diaryl/α,β-unsaturated/α-hetero) is 1. The van der Waals surface area contributed by atoms with Crippen molar-refractivity contribution in [1.29, 1.82) is 0 Å². The Morgan fingerprint density at radius 1 is 1.02 bits per heavy atom. The highest BCUT2D eigenvalue weighted by molar-refractivity contribution is 6.38. The molecule has 288 valence electrons. The van der Waals surface area contributed by atoms with Crippen molar-refractivity contribution in [1.82, 2.24) is 20.9 Å². The standard InChI is InChI=1S/C39H59N5O8/c1-12-50-32-23(6)15-26(16-24(32)7)28-18-39(52-43-28)19-29(34(46)41-27(17-25-13-14-25)30(45)35(47)40-11)44(20-39)36(48)33(38(8,9)10)42-37(49)51-31(21(2)3)22(4)5/h15-16,21-22,25,27,29,31,33H,12-14,17-20H2,1-11H3,(H,40,47)(H,41,46)(H,42,49)/t27-,29-,33+,39+/m0/s1. The number of nitrogens with one attached hydrogen (secondary N) is 3. The molecule has 3 aliphatic rings. The van der Waals surface area contributed by atoms with Crippen molar-refractivity contribution >= 4 is 35.3 Å². The van der Waals surface area contributed by atoms with Gasteiger partial charge in [-0.15, -0.1) is 0 Å². The van der Waals surface area contributed by atoms with Crippen molar-refractivity contribution in [2.24, 2.45) is 28.3 Å². The number of likely N-dealkylation sites (N-methyl/N-ethyl adjacent to an activating group) is 1. The van der Waals surface area contributed by atoms with Gasteiger partial charge in [0.2, 0.25) is 17.6 Å². The topological polar surface area (TPSA) is 165 Å². The number of carbonyl (C=O) groups excluding carboxylic acids is 5. The van der Waals surface area contributed by atoms with Crippen LogP contribution >= 0.6 is 0 Å². The van der Waals surface area contributed by atoms with Gasteiger partial charge in [0.05, 0.1) is 24.9 Å². The van der Waals surface area contributed by atoms with E-state index < -0.39 is 58.7 Å². The largest absolute Gasteiger partial charge is 0.493 e. The number of benzene rings is 1. The summed E-state index contributed by atoms with van der Waals surface area (Å²) >= 11 is 0. The molecule has 52 heavy (non-hydrogen) atoms. The van der Waals surface area contributed by atoms with E-state index in [4.69, 9.17) is 14.3 Å². The number of nitrogens with zero attached hydrogens (tertiary/aromatic N) is 2. The van der Waals surface area contributed by atoms with E-state index in [2.05, 4.69) is 21.1 Å². The van der Waals surface area contributed by atoms with E-state index in [9.17, 15) is 24.0 Å². The van der Waals surface area contributed by atoms with E-state index >= 15 is 0 Å². The minimum atomic E-state index is -1.08. The van der Waals surface area contributed by atoms with Crippen LogP contribution in [0.4, 0.5) is 4.79 Å². The lowest BCUT2D eigenvalue weighted by Gasteiger charge is -2.36. The van der Waals surface area contributed by atoms with Crippen LogP contribution in [-0.4, -0.2) is 90.2 Å². The van der Waals surface area contributed by atoms with Crippen LogP contribution in [0.3, 0.4) is 0 Å². The maximum atomic E-state index is 14.7. The van der Waals surface area contributed by atoms with Gasteiger partial charge in [-0.25, -0.2) is 4.79 Å². The van der Waals surface area contributed by atoms with E-state index in [1.165, 1.54) is 11.9 Å². The molecule has 4 rings (SSSR count). The molecule has 1 aromatic rings. The molecular formula is C39H59N5O8. The first-order valence-electron chi connectivity index (χ1n) is 18.6. The van der Waals surface area contributed by atoms with Gasteiger partial charge in [0.25, 0.3) is 5.91 Å². The third-order valence-electron chi connectivity index (χ3n) is 10.2. The van der Waals surface area contributed by atoms with Crippen LogP contribution < -0.4 is 20.7 Å². The number of aryl methyl sites for hydroxylation is 2. The summed E-state index contributed by atoms with van der Waals surface area (Å²) in [5.41, 5.74) is 1.60. The number of oxime groups is 1. The molecule has 0 aromatic heterocycles. The molecule has 1 aliphatic carbocycles. The molecule has 0 radical (unpaired) electrons. The zero-order valence-corrected chi connectivity index (χ0v) is 32.8. The van der Waals surface area contributed by atoms with Gasteiger partial charge in [0.15, 0.2) is 5.60 Å². The van der Waals surface area contributed by atoms with Gasteiger partial charge in [0.1, 0.15) is 23.9 Å². The lowest BCUT2D eigenvalue weighted by atomic mass is 9.85. The molecule has 1 spiro atoms. The number of hydrogen-bond donors (Lipinski definition) is 3. The molecule has 1 saturated carbocycles. The lowest BCUT2D eigenvalue weighted by Crippen LogP contribution is -2.59. The summed E-state index contributed by atoms with van der Waals surface area (Å²) in [5, 5.41) is 12.5. The molecule has 2 aliphatic heterocycles. The van der Waals surface area contributed by atoms with Crippen molar-refractivity contribution in [3.8, 4) is 5.75 Å². The summed E-state index contributed by atoms with van der Waals surface area (Å²) in [6.45, 7) is 19.8. The number of carbonyl (C=O) groups is 5. The number of ether oxygens (including phenoxy) is 2. The minimum absolute atomic E-state index is 0.00647. The van der Waals surface area contributed by atoms with Gasteiger partial charge < -0.3 is 35.2 Å². The predicted molar refractivity (Wildman–Crippen MR) is 197 cm³/mol. The highest BCUT2D eigenvalue weighted by Gasteiger charge is 2.56. The zero-order chi connectivity index (χ0) is 38.7. The van der Waals surface area contributed by atoms with Crippen molar-refractivity contribution in [2.45, 2.75) is 131 Å². The first-order chi connectivity index (χ1) is 24.3. The smallest absolute Gasteiger partial charge is 0.408 e. The predicted octanol–water partition coefficient (Wildman–Crippen LogP) is 4.59. The first-order valence-corrected chi connectivity index (χ1v) is 18.6. The zero-order valence-electron chi connectivity index (χ0n) is 32.8. The Balaban J connectivity index is 1.66. The van der Waals surface area contributed by atoms with Crippen LogP contribution in [0.5, 0.6) is 5.75 Å². The fraction of sp³-hybridized carbons (Fsp3) is 0.692. The minimum Gasteiger partial charge on any atom is -0.493 e. The van der Waals surface area contributed by atoms with Gasteiger partial charge in [0, 0.05) is 25.5 Å². The van der Waals surface area contributed by atoms with Gasteiger partial charge in [-0.3, -0.25) is 19.2 Å². The van der Waals surface area contributed by atoms with E-state index in [0.717, 1.165) is 35.3 Å². The van der Waals surface area contributed by atoms with Crippen LogP contribution in [-0.2, 0) is 28.8 Å². The molecule has 1 saturated heterocycles. The van der Waals surface area contributed by atoms with Crippen LogP contribution in [0.2, 0.25) is 0 Å². The summed E-state index contributed by atoms with van der Waals surface area (Å²) < 4.78 is 11.6. The van der Waals surface area contributed by atoms with Crippen LogP contribution in [0.25, 0.3) is 0 Å². The van der Waals surface area contributed by atoms with Crippen molar-refractivity contribution in [3.05, 3.63) is 28.8 Å². The molecular weight excluding hydrogens is 666 g/mol. The van der Waals surface area contributed by atoms with Crippen LogP contribution in [0.15, 0.2) is 17.3 Å². The monoisotopic (exact) mass is 725 g/mol. The quantitative estimate of drug-likeness (QED) is 0.235. The van der Waals surface area contributed by atoms with Crippen LogP contribution in [0.1, 0.15) is 104 Å². The van der Waals surface area contributed by atoms with Gasteiger partial charge >= 0.3 is 6.09 Å². The SMILES string of the molecule is CCOc1c(C)cc(C2=NO[C@]3(C2)C[C@@H](C(=O)N[C@@H](CC2CC2)C(=O)C(=O)NC)N(C(=O)[C@@H](NC(=O)OC(C(C)C)C(C)C)C(C)(C)C)C3)cc1C. The van der Waals surface area contributed by atoms with Crippen molar-refractivity contribution < 1.29 is 38.3 Å². The molecule has 0 bridgehead atoms. The van der Waals surface area contributed by atoms with Gasteiger partial charge in [-0.1, -0.05) is 66.5 Å². The summed E-state index contributed by atoms with van der Waals surface area (Å²) in [6.07, 6.45) is 1.45. The number of likely N-dealkylation sites (tertiary alicyclic amines) is 1. The van der Waals surface area contributed by atoms with Gasteiger partial charge in [-0.05, 0) is 73.6 Å². The summed E-state index contributed by atoms with van der Waals surface area (Å²) in [5.74, 6) is -1.45.